The van der Waals surface area contributed by atoms with Crippen molar-refractivity contribution in [3.05, 3.63) is 71.4 Å². The molecule has 1 aromatic rings. The molecule has 1 aliphatic heterocycles. The van der Waals surface area contributed by atoms with Gasteiger partial charge in [0, 0.05) is 19.0 Å². The second-order valence-corrected chi connectivity index (χ2v) is 21.4. The van der Waals surface area contributed by atoms with Crippen LogP contribution in [0.1, 0.15) is 175 Å². The quantitative estimate of drug-likeness (QED) is 0.0117. The van der Waals surface area contributed by atoms with E-state index >= 15 is 0 Å². The standard InChI is InChI=1S/C50H85N3O16P2/c1-4-5-6-7-8-9-10-11-15-18-21-24-27-31-41(54)32-29-34-45(55)64-37-42(67-46(56)33-28-25-22-19-16-13-12-14-17-20-23-26-30-40(2)3)38-65-70(60,61)69-71(62,63)66-39-43-47(57)48(58)49(68-43)53-36-35-44(51)52-50(53)59/h8-9,11,15,21,24,27,31,35-36,40-43,47-49,54,57-58H,4-7,10,12-14,16-20,22-23,25-26,28-30,32-34,37-39H2,1-3H3,(H,60,61)(H,62,63)(H2,51,52,59)/b9-8-,15-11-,24-21-,31-27+/t41-,42-,43-,47-,48-,49-/m1/s1. The van der Waals surface area contributed by atoms with Crippen LogP contribution in [-0.2, 0) is 46.3 Å². The molecule has 1 fully saturated rings. The van der Waals surface area contributed by atoms with Crippen molar-refractivity contribution in [1.82, 2.24) is 9.55 Å². The monoisotopic (exact) mass is 1050 g/mol. The van der Waals surface area contributed by atoms with E-state index in [1.807, 2.05) is 12.2 Å². The van der Waals surface area contributed by atoms with E-state index in [2.05, 4.69) is 54.4 Å². The molecule has 0 saturated carbocycles. The number of hydrogen-bond donors (Lipinski definition) is 6. The normalized spacial score (nSPS) is 20.1. The highest BCUT2D eigenvalue weighted by Crippen LogP contribution is 2.60. The second-order valence-electron chi connectivity index (χ2n) is 18.4. The van der Waals surface area contributed by atoms with Crippen LogP contribution in [0.2, 0.25) is 0 Å². The molecule has 7 N–H and O–H groups in total. The summed E-state index contributed by atoms with van der Waals surface area (Å²) in [6.45, 7) is 4.24. The van der Waals surface area contributed by atoms with Crippen molar-refractivity contribution in [3.8, 4) is 0 Å². The Morgan fingerprint density at radius 3 is 2.03 bits per heavy atom. The third-order valence-electron chi connectivity index (χ3n) is 11.4. The van der Waals surface area contributed by atoms with Gasteiger partial charge in [-0.25, -0.2) is 13.9 Å². The van der Waals surface area contributed by atoms with E-state index in [9.17, 15) is 48.6 Å². The van der Waals surface area contributed by atoms with Gasteiger partial charge in [-0.3, -0.25) is 23.2 Å². The SMILES string of the molecule is CCCCC/C=C\C/C=C\C/C=C\C=C\[C@@H](O)CCCC(=O)OC[C@H](COP(=O)(O)OP(=O)(O)OC[C@H]1O[C@@H](n2ccc(N)nc2=O)[C@H](O)[C@@H]1O)OC(=O)CCCCCCCCCCCCCCC(C)C. The van der Waals surface area contributed by atoms with Gasteiger partial charge in [0.2, 0.25) is 0 Å². The Balaban J connectivity index is 1.85. The van der Waals surface area contributed by atoms with Gasteiger partial charge in [-0.2, -0.15) is 9.29 Å². The van der Waals surface area contributed by atoms with Gasteiger partial charge < -0.3 is 45.1 Å². The first-order chi connectivity index (χ1) is 33.9. The van der Waals surface area contributed by atoms with Crippen LogP contribution in [0.5, 0.6) is 0 Å². The zero-order chi connectivity index (χ0) is 52.3. The highest BCUT2D eigenvalue weighted by molar-refractivity contribution is 7.61. The number of ether oxygens (including phenoxy) is 3. The Kier molecular flexibility index (Phi) is 33.6. The van der Waals surface area contributed by atoms with Crippen LogP contribution in [0, 0.1) is 5.92 Å². The number of aliphatic hydroxyl groups is 3. The topological polar surface area (TPSA) is 286 Å². The molecule has 2 unspecified atom stereocenters. The number of phosphoric acid groups is 2. The number of nitrogens with zero attached hydrogens (tertiary/aromatic N) is 2. The first kappa shape index (κ1) is 63.8. The van der Waals surface area contributed by atoms with Crippen LogP contribution < -0.4 is 11.4 Å². The lowest BCUT2D eigenvalue weighted by Crippen LogP contribution is -2.36. The first-order valence-electron chi connectivity index (χ1n) is 25.6. The average molecular weight is 1050 g/mol. The predicted molar refractivity (Wildman–Crippen MR) is 272 cm³/mol. The average Bonchev–Trinajstić information content (AvgIpc) is 3.59. The van der Waals surface area contributed by atoms with E-state index in [0.717, 1.165) is 61.6 Å². The number of unbranched alkanes of at least 4 members (excludes halogenated alkanes) is 14. The molecule has 1 aliphatic rings. The Morgan fingerprint density at radius 2 is 1.38 bits per heavy atom. The third kappa shape index (κ3) is 31.1. The lowest BCUT2D eigenvalue weighted by Gasteiger charge is -2.21. The molecule has 8 atom stereocenters. The smallest absolute Gasteiger partial charge is 0.462 e. The third-order valence-corrected chi connectivity index (χ3v) is 14.1. The predicted octanol–water partition coefficient (Wildman–Crippen LogP) is 9.38. The Bertz CT molecular complexity index is 1910. The number of nitrogen functional groups attached to an aromatic ring is 1. The van der Waals surface area contributed by atoms with Crippen molar-refractivity contribution < 1.29 is 71.4 Å². The highest BCUT2D eigenvalue weighted by Gasteiger charge is 2.46. The number of esters is 2. The number of anilines is 1. The van der Waals surface area contributed by atoms with Crippen molar-refractivity contribution in [2.24, 2.45) is 5.92 Å². The minimum absolute atomic E-state index is 0.0104. The number of rotatable bonds is 41. The fraction of sp³-hybridized carbons (Fsp3) is 0.720. The molecular weight excluding hydrogens is 961 g/mol. The number of phosphoric ester groups is 2. The van der Waals surface area contributed by atoms with Crippen LogP contribution in [0.15, 0.2) is 65.7 Å². The van der Waals surface area contributed by atoms with Crippen LogP contribution in [0.3, 0.4) is 0 Å². The van der Waals surface area contributed by atoms with Crippen molar-refractivity contribution in [3.63, 3.8) is 0 Å². The van der Waals surface area contributed by atoms with Crippen molar-refractivity contribution in [2.75, 3.05) is 25.6 Å². The van der Waals surface area contributed by atoms with E-state index in [1.54, 1.807) is 12.2 Å². The van der Waals surface area contributed by atoms with E-state index in [1.165, 1.54) is 76.7 Å². The number of aliphatic hydroxyl groups excluding tert-OH is 3. The number of carbonyl (C=O) groups is 2. The van der Waals surface area contributed by atoms with Gasteiger partial charge in [-0.1, -0.05) is 159 Å². The molecule has 0 amide bonds. The van der Waals surface area contributed by atoms with Crippen molar-refractivity contribution in [1.29, 1.82) is 0 Å². The van der Waals surface area contributed by atoms with Gasteiger partial charge in [-0.15, -0.1) is 0 Å². The van der Waals surface area contributed by atoms with Gasteiger partial charge >= 0.3 is 33.3 Å². The number of aromatic nitrogens is 2. The summed E-state index contributed by atoms with van der Waals surface area (Å²) in [5.74, 6) is -0.742. The largest absolute Gasteiger partial charge is 0.481 e. The molecule has 2 rings (SSSR count). The van der Waals surface area contributed by atoms with E-state index in [0.29, 0.717) is 6.42 Å². The minimum Gasteiger partial charge on any atom is -0.462 e. The van der Waals surface area contributed by atoms with E-state index in [4.69, 9.17) is 29.0 Å². The maximum Gasteiger partial charge on any atom is 0.481 e. The first-order valence-corrected chi connectivity index (χ1v) is 28.6. The summed E-state index contributed by atoms with van der Waals surface area (Å²) < 4.78 is 56.6. The lowest BCUT2D eigenvalue weighted by molar-refractivity contribution is -0.161. The molecule has 1 saturated heterocycles. The van der Waals surface area contributed by atoms with Gasteiger partial charge in [0.25, 0.3) is 0 Å². The van der Waals surface area contributed by atoms with Crippen LogP contribution in [0.25, 0.3) is 0 Å². The maximum absolute atomic E-state index is 12.9. The summed E-state index contributed by atoms with van der Waals surface area (Å²) in [4.78, 5) is 61.9. The van der Waals surface area contributed by atoms with Gasteiger partial charge in [0.05, 0.1) is 19.3 Å². The lowest BCUT2D eigenvalue weighted by atomic mass is 10.0. The minimum atomic E-state index is -5.46. The molecule has 0 spiro atoms. The number of nitrogens with two attached hydrogens (primary N) is 1. The Morgan fingerprint density at radius 1 is 0.775 bits per heavy atom. The molecule has 0 radical (unpaired) electrons. The Hall–Kier alpha value is -3.32. The highest BCUT2D eigenvalue weighted by atomic mass is 31.3. The number of carbonyl (C=O) groups excluding carboxylic acids is 2. The van der Waals surface area contributed by atoms with Crippen molar-refractivity contribution >= 4 is 33.4 Å². The molecule has 71 heavy (non-hydrogen) atoms. The van der Waals surface area contributed by atoms with Crippen LogP contribution in [-0.4, -0.2) is 96.9 Å². The Labute approximate surface area is 421 Å². The zero-order valence-electron chi connectivity index (χ0n) is 42.3. The summed E-state index contributed by atoms with van der Waals surface area (Å²) in [5, 5.41) is 31.3. The van der Waals surface area contributed by atoms with Gasteiger partial charge in [0.15, 0.2) is 12.3 Å². The number of allylic oxidation sites excluding steroid dienone is 7. The van der Waals surface area contributed by atoms with Gasteiger partial charge in [-0.05, 0) is 56.9 Å². The summed E-state index contributed by atoms with van der Waals surface area (Å²) in [6, 6.07) is 1.24. The molecule has 0 bridgehead atoms. The summed E-state index contributed by atoms with van der Waals surface area (Å²) in [6.07, 6.45) is 29.4. The second kappa shape index (κ2) is 37.4. The van der Waals surface area contributed by atoms with Gasteiger partial charge in [0.1, 0.15) is 30.7 Å². The fourth-order valence-corrected chi connectivity index (χ4v) is 9.53. The molecule has 0 aliphatic carbocycles. The maximum atomic E-state index is 12.9. The fourth-order valence-electron chi connectivity index (χ4n) is 7.42. The van der Waals surface area contributed by atoms with Crippen LogP contribution >= 0.6 is 15.6 Å². The molecular formula is C50H85N3O16P2. The van der Waals surface area contributed by atoms with Crippen LogP contribution in [0.4, 0.5) is 5.82 Å². The summed E-state index contributed by atoms with van der Waals surface area (Å²) in [5.41, 5.74) is 4.57. The molecule has 21 heteroatoms. The zero-order valence-corrected chi connectivity index (χ0v) is 44.1. The molecule has 0 aromatic carbocycles. The van der Waals surface area contributed by atoms with E-state index < -0.39 is 89.8 Å². The van der Waals surface area contributed by atoms with Crippen molar-refractivity contribution in [2.45, 2.75) is 205 Å². The molecule has 1 aromatic heterocycles. The van der Waals surface area contributed by atoms with E-state index in [-0.39, 0.29) is 31.5 Å². The molecule has 19 nitrogen and oxygen atoms in total. The molecule has 406 valence electrons. The molecule has 2 heterocycles. The summed E-state index contributed by atoms with van der Waals surface area (Å²) in [7, 11) is -10.9. The summed E-state index contributed by atoms with van der Waals surface area (Å²) >= 11 is 0. The number of hydrogen-bond acceptors (Lipinski definition) is 16.